The van der Waals surface area contributed by atoms with E-state index in [0.29, 0.717) is 16.5 Å². The number of carbonyl (C=O) groups excluding carboxylic acids is 1. The average Bonchev–Trinajstić information content (AvgIpc) is 2.45. The Bertz CT molecular complexity index is 653. The Hall–Kier alpha value is -2.11. The summed E-state index contributed by atoms with van der Waals surface area (Å²) in [5, 5.41) is 1.14. The van der Waals surface area contributed by atoms with Gasteiger partial charge in [0.1, 0.15) is 5.75 Å². The van der Waals surface area contributed by atoms with Gasteiger partial charge in [0.15, 0.2) is 0 Å². The van der Waals surface area contributed by atoms with Crippen molar-refractivity contribution in [2.24, 2.45) is 0 Å². The normalized spacial score (nSPS) is 11.9. The molecular formula is C14H10F4O2. The van der Waals surface area contributed by atoms with Crippen molar-refractivity contribution >= 4 is 16.6 Å². The number of Topliss-reactive ketones (excluding diaryl/α,β-unsaturated/α-hetero) is 1. The topological polar surface area (TPSA) is 26.3 Å². The average molecular weight is 286 g/mol. The fraction of sp³-hybridized carbons (Fsp3) is 0.214. The third-order valence-electron chi connectivity index (χ3n) is 2.89. The third kappa shape index (κ3) is 2.45. The highest BCUT2D eigenvalue weighted by Gasteiger charge is 2.48. The van der Waals surface area contributed by atoms with Crippen molar-refractivity contribution in [2.45, 2.75) is 12.3 Å². The van der Waals surface area contributed by atoms with Crippen LogP contribution in [0.3, 0.4) is 0 Å². The molecular weight excluding hydrogens is 276 g/mol. The van der Waals surface area contributed by atoms with E-state index in [-0.39, 0.29) is 0 Å². The van der Waals surface area contributed by atoms with Gasteiger partial charge in [0.2, 0.25) is 5.78 Å². The molecule has 2 aromatic carbocycles. The van der Waals surface area contributed by atoms with Gasteiger partial charge >= 0.3 is 12.3 Å². The van der Waals surface area contributed by atoms with Crippen molar-refractivity contribution in [3.63, 3.8) is 0 Å². The van der Waals surface area contributed by atoms with Crippen LogP contribution in [0.25, 0.3) is 10.8 Å². The maximum atomic E-state index is 13.0. The Labute approximate surface area is 112 Å². The van der Waals surface area contributed by atoms with Crippen molar-refractivity contribution in [3.05, 3.63) is 42.0 Å². The summed E-state index contributed by atoms with van der Waals surface area (Å²) >= 11 is 0. The molecule has 2 nitrogen and oxygen atoms in total. The zero-order valence-electron chi connectivity index (χ0n) is 10.4. The number of ether oxygens (including phenoxy) is 1. The van der Waals surface area contributed by atoms with Crippen LogP contribution in [0.5, 0.6) is 5.75 Å². The first-order valence-electron chi connectivity index (χ1n) is 5.65. The molecule has 0 N–H and O–H groups in total. The molecule has 2 rings (SSSR count). The molecule has 0 radical (unpaired) electrons. The fourth-order valence-electron chi connectivity index (χ4n) is 1.78. The van der Waals surface area contributed by atoms with Crippen LogP contribution in [0.15, 0.2) is 36.4 Å². The summed E-state index contributed by atoms with van der Waals surface area (Å²) in [6.07, 6.45) is -4.03. The van der Waals surface area contributed by atoms with Crippen LogP contribution in [0.1, 0.15) is 10.4 Å². The number of halogens is 4. The minimum atomic E-state index is -4.68. The lowest BCUT2D eigenvalue weighted by molar-refractivity contribution is -0.0958. The first-order valence-corrected chi connectivity index (χ1v) is 5.65. The van der Waals surface area contributed by atoms with Crippen LogP contribution in [-0.2, 0) is 0 Å². The van der Waals surface area contributed by atoms with E-state index in [1.165, 1.54) is 13.2 Å². The zero-order valence-corrected chi connectivity index (χ0v) is 10.4. The van der Waals surface area contributed by atoms with Crippen molar-refractivity contribution in [1.82, 2.24) is 0 Å². The van der Waals surface area contributed by atoms with E-state index in [0.717, 1.165) is 12.1 Å². The highest BCUT2D eigenvalue weighted by molar-refractivity contribution is 6.04. The van der Waals surface area contributed by atoms with Gasteiger partial charge in [-0.05, 0) is 29.0 Å². The minimum Gasteiger partial charge on any atom is -0.497 e. The highest BCUT2D eigenvalue weighted by atomic mass is 19.3. The van der Waals surface area contributed by atoms with Crippen LogP contribution in [0.4, 0.5) is 17.6 Å². The molecule has 0 aliphatic carbocycles. The van der Waals surface area contributed by atoms with Crippen LogP contribution < -0.4 is 4.74 Å². The summed E-state index contributed by atoms with van der Waals surface area (Å²) in [5.74, 6) is -6.00. The van der Waals surface area contributed by atoms with Crippen LogP contribution in [0.2, 0.25) is 0 Å². The van der Waals surface area contributed by atoms with Crippen LogP contribution in [0, 0.1) is 0 Å². The molecule has 0 unspecified atom stereocenters. The molecule has 0 aromatic heterocycles. The molecule has 0 bridgehead atoms. The number of fused-ring (bicyclic) bond motifs is 1. The second-order valence-electron chi connectivity index (χ2n) is 4.18. The number of benzene rings is 2. The lowest BCUT2D eigenvalue weighted by Crippen LogP contribution is -2.36. The van der Waals surface area contributed by atoms with Crippen molar-refractivity contribution < 1.29 is 27.1 Å². The molecule has 6 heteroatoms. The van der Waals surface area contributed by atoms with E-state index < -0.39 is 23.7 Å². The predicted molar refractivity (Wildman–Crippen MR) is 65.8 cm³/mol. The molecule has 2 aromatic rings. The van der Waals surface area contributed by atoms with Gasteiger partial charge in [-0.2, -0.15) is 8.78 Å². The maximum Gasteiger partial charge on any atom is 0.368 e. The van der Waals surface area contributed by atoms with E-state index in [9.17, 15) is 22.4 Å². The molecule has 0 heterocycles. The number of hydrogen-bond acceptors (Lipinski definition) is 2. The SMILES string of the molecule is COc1ccc2cc(C(=O)C(F)(F)C(F)F)ccc2c1. The summed E-state index contributed by atoms with van der Waals surface area (Å²) in [5.41, 5.74) is -0.451. The Kier molecular flexibility index (Phi) is 3.65. The lowest BCUT2D eigenvalue weighted by atomic mass is 10.0. The Balaban J connectivity index is 2.44. The number of rotatable bonds is 4. The summed E-state index contributed by atoms with van der Waals surface area (Å²) in [6.45, 7) is 0. The van der Waals surface area contributed by atoms with Crippen LogP contribution >= 0.6 is 0 Å². The molecule has 0 saturated heterocycles. The van der Waals surface area contributed by atoms with Crippen molar-refractivity contribution in [2.75, 3.05) is 7.11 Å². The first-order chi connectivity index (χ1) is 9.36. The summed E-state index contributed by atoms with van der Waals surface area (Å²) < 4.78 is 55.4. The van der Waals surface area contributed by atoms with E-state index in [1.54, 1.807) is 18.2 Å². The van der Waals surface area contributed by atoms with E-state index >= 15 is 0 Å². The Morgan fingerprint density at radius 2 is 1.70 bits per heavy atom. The number of alkyl halides is 4. The quantitative estimate of drug-likeness (QED) is 0.628. The monoisotopic (exact) mass is 286 g/mol. The number of carbonyl (C=O) groups is 1. The third-order valence-corrected chi connectivity index (χ3v) is 2.89. The molecule has 0 saturated carbocycles. The fourth-order valence-corrected chi connectivity index (χ4v) is 1.78. The van der Waals surface area contributed by atoms with E-state index in [1.807, 2.05) is 0 Å². The number of ketones is 1. The largest absolute Gasteiger partial charge is 0.497 e. The Morgan fingerprint density at radius 3 is 2.30 bits per heavy atom. The second kappa shape index (κ2) is 5.11. The van der Waals surface area contributed by atoms with Gasteiger partial charge in [-0.3, -0.25) is 4.79 Å². The van der Waals surface area contributed by atoms with Gasteiger partial charge in [0.25, 0.3) is 0 Å². The zero-order chi connectivity index (χ0) is 14.9. The molecule has 20 heavy (non-hydrogen) atoms. The minimum absolute atomic E-state index is 0.451. The number of hydrogen-bond donors (Lipinski definition) is 0. The molecule has 106 valence electrons. The molecule has 0 aliphatic heterocycles. The van der Waals surface area contributed by atoms with Crippen molar-refractivity contribution in [3.8, 4) is 5.75 Å². The molecule has 0 amide bonds. The predicted octanol–water partition coefficient (Wildman–Crippen LogP) is 3.93. The molecule has 0 spiro atoms. The molecule has 0 aliphatic rings. The van der Waals surface area contributed by atoms with Gasteiger partial charge in [-0.25, -0.2) is 8.78 Å². The summed E-state index contributed by atoms with van der Waals surface area (Å²) in [4.78, 5) is 11.4. The lowest BCUT2D eigenvalue weighted by Gasteiger charge is -2.14. The molecule has 0 fully saturated rings. The summed E-state index contributed by atoms with van der Waals surface area (Å²) in [6, 6.07) is 8.46. The van der Waals surface area contributed by atoms with Crippen LogP contribution in [-0.4, -0.2) is 25.2 Å². The Morgan fingerprint density at radius 1 is 1.10 bits per heavy atom. The van der Waals surface area contributed by atoms with Gasteiger partial charge in [-0.15, -0.1) is 0 Å². The van der Waals surface area contributed by atoms with Gasteiger partial charge < -0.3 is 4.74 Å². The first kappa shape index (κ1) is 14.3. The molecule has 0 atom stereocenters. The van der Waals surface area contributed by atoms with E-state index in [4.69, 9.17) is 4.74 Å². The summed E-state index contributed by atoms with van der Waals surface area (Å²) in [7, 11) is 1.47. The number of methoxy groups -OCH3 is 1. The van der Waals surface area contributed by atoms with E-state index in [2.05, 4.69) is 0 Å². The highest BCUT2D eigenvalue weighted by Crippen LogP contribution is 2.29. The van der Waals surface area contributed by atoms with Gasteiger partial charge in [-0.1, -0.05) is 18.2 Å². The van der Waals surface area contributed by atoms with Gasteiger partial charge in [0, 0.05) is 5.56 Å². The standard InChI is InChI=1S/C14H10F4O2/c1-20-11-5-4-8-6-10(3-2-9(8)7-11)12(19)14(17,18)13(15)16/h2-7,13H,1H3. The second-order valence-corrected chi connectivity index (χ2v) is 4.18. The van der Waals surface area contributed by atoms with Gasteiger partial charge in [0.05, 0.1) is 7.11 Å². The van der Waals surface area contributed by atoms with Crippen molar-refractivity contribution in [1.29, 1.82) is 0 Å². The smallest absolute Gasteiger partial charge is 0.368 e. The maximum absolute atomic E-state index is 13.0.